The smallest absolute Gasteiger partial charge is 0.135 e. The van der Waals surface area contributed by atoms with Gasteiger partial charge in [-0.2, -0.15) is 0 Å². The predicted octanol–water partition coefficient (Wildman–Crippen LogP) is 1.47. The molecule has 2 rings (SSSR count). The fraction of sp³-hybridized carbons (Fsp3) is 0.917. The first-order chi connectivity index (χ1) is 7.34. The maximum absolute atomic E-state index is 11.0. The number of ketones is 1. The molecule has 0 spiro atoms. The van der Waals surface area contributed by atoms with E-state index in [4.69, 9.17) is 4.74 Å². The van der Waals surface area contributed by atoms with Gasteiger partial charge in [0.1, 0.15) is 5.78 Å². The van der Waals surface area contributed by atoms with Gasteiger partial charge in [0.15, 0.2) is 0 Å². The first-order valence-electron chi connectivity index (χ1n) is 6.16. The van der Waals surface area contributed by atoms with Crippen LogP contribution in [-0.4, -0.2) is 43.5 Å². The molecule has 3 nitrogen and oxygen atoms in total. The van der Waals surface area contributed by atoms with Crippen LogP contribution >= 0.6 is 0 Å². The van der Waals surface area contributed by atoms with Gasteiger partial charge in [-0.25, -0.2) is 0 Å². The summed E-state index contributed by atoms with van der Waals surface area (Å²) in [7, 11) is 0. The molecule has 0 aromatic rings. The Morgan fingerprint density at radius 3 is 2.67 bits per heavy atom. The summed E-state index contributed by atoms with van der Waals surface area (Å²) in [6, 6.07) is 0. The zero-order valence-corrected chi connectivity index (χ0v) is 9.41. The van der Waals surface area contributed by atoms with Crippen LogP contribution in [0, 0.1) is 5.92 Å². The van der Waals surface area contributed by atoms with Crippen LogP contribution < -0.4 is 0 Å². The van der Waals surface area contributed by atoms with Crippen LogP contribution in [0.3, 0.4) is 0 Å². The van der Waals surface area contributed by atoms with Gasteiger partial charge < -0.3 is 9.64 Å². The van der Waals surface area contributed by atoms with Gasteiger partial charge in [-0.1, -0.05) is 0 Å². The summed E-state index contributed by atoms with van der Waals surface area (Å²) in [5.41, 5.74) is 0. The Labute approximate surface area is 91.8 Å². The average Bonchev–Trinajstić information content (AvgIpc) is 3.04. The SMILES string of the molecule is O=C1CCN(CCCOCC2CC2)CC1. The third-order valence-corrected chi connectivity index (χ3v) is 3.23. The van der Waals surface area contributed by atoms with Gasteiger partial charge in [0, 0.05) is 45.7 Å². The molecule has 0 amide bonds. The van der Waals surface area contributed by atoms with Crippen LogP contribution in [0.2, 0.25) is 0 Å². The Kier molecular flexibility index (Phi) is 4.15. The number of hydrogen-bond donors (Lipinski definition) is 0. The topological polar surface area (TPSA) is 29.5 Å². The molecule has 0 aromatic heterocycles. The molecule has 0 aromatic carbocycles. The largest absolute Gasteiger partial charge is 0.381 e. The minimum Gasteiger partial charge on any atom is -0.381 e. The summed E-state index contributed by atoms with van der Waals surface area (Å²) in [5.74, 6) is 1.30. The van der Waals surface area contributed by atoms with Crippen molar-refractivity contribution >= 4 is 5.78 Å². The number of piperidine rings is 1. The van der Waals surface area contributed by atoms with Gasteiger partial charge in [0.05, 0.1) is 0 Å². The van der Waals surface area contributed by atoms with Gasteiger partial charge in [0.25, 0.3) is 0 Å². The van der Waals surface area contributed by atoms with Crippen LogP contribution in [0.15, 0.2) is 0 Å². The molecule has 2 fully saturated rings. The van der Waals surface area contributed by atoms with E-state index < -0.39 is 0 Å². The third-order valence-electron chi connectivity index (χ3n) is 3.23. The summed E-state index contributed by atoms with van der Waals surface area (Å²) in [5, 5.41) is 0. The summed E-state index contributed by atoms with van der Waals surface area (Å²) < 4.78 is 5.58. The summed E-state index contributed by atoms with van der Waals surface area (Å²) >= 11 is 0. The zero-order valence-electron chi connectivity index (χ0n) is 9.41. The maximum atomic E-state index is 11.0. The van der Waals surface area contributed by atoms with Crippen molar-refractivity contribution in [2.45, 2.75) is 32.1 Å². The van der Waals surface area contributed by atoms with Crippen molar-refractivity contribution < 1.29 is 9.53 Å². The van der Waals surface area contributed by atoms with Gasteiger partial charge in [-0.15, -0.1) is 0 Å². The minimum atomic E-state index is 0.427. The number of hydrogen-bond acceptors (Lipinski definition) is 3. The highest BCUT2D eigenvalue weighted by molar-refractivity contribution is 5.79. The lowest BCUT2D eigenvalue weighted by atomic mass is 10.1. The van der Waals surface area contributed by atoms with E-state index in [1.807, 2.05) is 0 Å². The minimum absolute atomic E-state index is 0.427. The molecule has 3 heteroatoms. The molecule has 86 valence electrons. The number of nitrogens with zero attached hydrogens (tertiary/aromatic N) is 1. The molecule has 0 N–H and O–H groups in total. The lowest BCUT2D eigenvalue weighted by Gasteiger charge is -2.25. The zero-order chi connectivity index (χ0) is 10.5. The van der Waals surface area contributed by atoms with Crippen LogP contribution in [0.25, 0.3) is 0 Å². The molecule has 0 radical (unpaired) electrons. The Bertz CT molecular complexity index is 204. The molecular weight excluding hydrogens is 190 g/mol. The van der Waals surface area contributed by atoms with Crippen molar-refractivity contribution in [2.75, 3.05) is 32.8 Å². The first kappa shape index (κ1) is 11.1. The van der Waals surface area contributed by atoms with Crippen molar-refractivity contribution in [1.82, 2.24) is 4.90 Å². The summed E-state index contributed by atoms with van der Waals surface area (Å²) in [4.78, 5) is 13.4. The molecule has 0 atom stereocenters. The van der Waals surface area contributed by atoms with Crippen molar-refractivity contribution in [2.24, 2.45) is 5.92 Å². The van der Waals surface area contributed by atoms with E-state index >= 15 is 0 Å². The van der Waals surface area contributed by atoms with Crippen LogP contribution in [0.4, 0.5) is 0 Å². The molecule has 0 bridgehead atoms. The Morgan fingerprint density at radius 1 is 1.27 bits per heavy atom. The van der Waals surface area contributed by atoms with Crippen molar-refractivity contribution in [3.8, 4) is 0 Å². The number of Topliss-reactive ketones (excluding diaryl/α,β-unsaturated/α-hetero) is 1. The van der Waals surface area contributed by atoms with Gasteiger partial charge >= 0.3 is 0 Å². The molecule has 1 aliphatic heterocycles. The Morgan fingerprint density at radius 2 is 2.00 bits per heavy atom. The van der Waals surface area contributed by atoms with Crippen LogP contribution in [0.1, 0.15) is 32.1 Å². The second-order valence-corrected chi connectivity index (χ2v) is 4.75. The van der Waals surface area contributed by atoms with E-state index in [9.17, 15) is 4.79 Å². The van der Waals surface area contributed by atoms with Crippen molar-refractivity contribution in [3.05, 3.63) is 0 Å². The molecule has 1 saturated heterocycles. The molecule has 1 heterocycles. The van der Waals surface area contributed by atoms with Crippen LogP contribution in [0.5, 0.6) is 0 Å². The van der Waals surface area contributed by atoms with E-state index in [-0.39, 0.29) is 0 Å². The highest BCUT2D eigenvalue weighted by Crippen LogP contribution is 2.28. The fourth-order valence-electron chi connectivity index (χ4n) is 1.95. The molecule has 15 heavy (non-hydrogen) atoms. The number of carbonyl (C=O) groups is 1. The average molecular weight is 211 g/mol. The highest BCUT2D eigenvalue weighted by Gasteiger charge is 2.21. The van der Waals surface area contributed by atoms with E-state index in [0.717, 1.165) is 58.0 Å². The highest BCUT2D eigenvalue weighted by atomic mass is 16.5. The van der Waals surface area contributed by atoms with Crippen molar-refractivity contribution in [1.29, 1.82) is 0 Å². The van der Waals surface area contributed by atoms with Gasteiger partial charge in [-0.3, -0.25) is 4.79 Å². The normalized spacial score (nSPS) is 23.3. The predicted molar refractivity (Wildman–Crippen MR) is 58.8 cm³/mol. The summed E-state index contributed by atoms with van der Waals surface area (Å²) in [6.45, 7) is 4.88. The van der Waals surface area contributed by atoms with Crippen LogP contribution in [-0.2, 0) is 9.53 Å². The fourth-order valence-corrected chi connectivity index (χ4v) is 1.95. The van der Waals surface area contributed by atoms with E-state index in [1.165, 1.54) is 12.8 Å². The first-order valence-corrected chi connectivity index (χ1v) is 6.16. The van der Waals surface area contributed by atoms with Crippen molar-refractivity contribution in [3.63, 3.8) is 0 Å². The van der Waals surface area contributed by atoms with Gasteiger partial charge in [-0.05, 0) is 25.2 Å². The lowest BCUT2D eigenvalue weighted by Crippen LogP contribution is -2.34. The standard InChI is InChI=1S/C12H21NO2/c14-12-4-7-13(8-5-12)6-1-9-15-10-11-2-3-11/h11H,1-10H2. The number of rotatable bonds is 6. The van der Waals surface area contributed by atoms with E-state index in [0.29, 0.717) is 5.78 Å². The Hall–Kier alpha value is -0.410. The quantitative estimate of drug-likeness (QED) is 0.623. The molecule has 2 aliphatic rings. The third kappa shape index (κ3) is 4.31. The maximum Gasteiger partial charge on any atom is 0.135 e. The Balaban J connectivity index is 1.44. The monoisotopic (exact) mass is 211 g/mol. The number of carbonyl (C=O) groups excluding carboxylic acids is 1. The van der Waals surface area contributed by atoms with E-state index in [2.05, 4.69) is 4.90 Å². The molecular formula is C12H21NO2. The lowest BCUT2D eigenvalue weighted by molar-refractivity contribution is -0.121. The molecule has 1 aliphatic carbocycles. The van der Waals surface area contributed by atoms with E-state index in [1.54, 1.807) is 0 Å². The molecule has 0 unspecified atom stereocenters. The second-order valence-electron chi connectivity index (χ2n) is 4.75. The molecule has 1 saturated carbocycles. The summed E-state index contributed by atoms with van der Waals surface area (Å²) in [6.07, 6.45) is 5.36. The van der Waals surface area contributed by atoms with Gasteiger partial charge in [0.2, 0.25) is 0 Å². The second kappa shape index (κ2) is 5.61. The number of likely N-dealkylation sites (tertiary alicyclic amines) is 1. The number of ether oxygens (including phenoxy) is 1.